The van der Waals surface area contributed by atoms with Gasteiger partial charge >= 0.3 is 11.9 Å². The topological polar surface area (TPSA) is 103 Å². The van der Waals surface area contributed by atoms with Crippen LogP contribution >= 0.6 is 0 Å². The van der Waals surface area contributed by atoms with E-state index in [1.807, 2.05) is 36.4 Å². The molecule has 0 bridgehead atoms. The van der Waals surface area contributed by atoms with Crippen LogP contribution in [0.3, 0.4) is 0 Å². The smallest absolute Gasteiger partial charge is 0.394 e. The molecule has 0 radical (unpaired) electrons. The molecule has 0 unspecified atom stereocenters. The normalized spacial score (nSPS) is 14.3. The van der Waals surface area contributed by atoms with E-state index in [9.17, 15) is 19.5 Å². The molecule has 2 aromatic carbocycles. The summed E-state index contributed by atoms with van der Waals surface area (Å²) in [5.74, 6) is -1.11. The monoisotopic (exact) mass is 586 g/mol. The van der Waals surface area contributed by atoms with Gasteiger partial charge in [-0.25, -0.2) is 4.79 Å². The fraction of sp³-hybridized carbons (Fsp3) is 0.412. The fourth-order valence-corrected chi connectivity index (χ4v) is 5.23. The number of aromatic nitrogens is 1. The van der Waals surface area contributed by atoms with Crippen molar-refractivity contribution in [3.8, 4) is 16.9 Å². The molecule has 0 atom stereocenters. The molecule has 43 heavy (non-hydrogen) atoms. The van der Waals surface area contributed by atoms with Gasteiger partial charge in [0, 0.05) is 62.9 Å². The van der Waals surface area contributed by atoms with Crippen molar-refractivity contribution >= 4 is 23.5 Å². The van der Waals surface area contributed by atoms with Gasteiger partial charge in [-0.2, -0.15) is 0 Å². The van der Waals surface area contributed by atoms with Crippen LogP contribution in [0.2, 0.25) is 0 Å². The van der Waals surface area contributed by atoms with E-state index in [2.05, 4.69) is 43.6 Å². The van der Waals surface area contributed by atoms with Crippen LogP contribution in [0.15, 0.2) is 67.0 Å². The average molecular weight is 587 g/mol. The Balaban J connectivity index is 1.72. The molecule has 0 aliphatic carbocycles. The lowest BCUT2D eigenvalue weighted by atomic mass is 10.00. The summed E-state index contributed by atoms with van der Waals surface area (Å²) in [4.78, 5) is 47.5. The third-order valence-corrected chi connectivity index (χ3v) is 7.30. The lowest BCUT2D eigenvalue weighted by Gasteiger charge is -2.30. The number of hydrogen-bond acceptors (Lipinski definition) is 6. The summed E-state index contributed by atoms with van der Waals surface area (Å²) < 4.78 is 5.98. The number of ether oxygens (including phenoxy) is 1. The van der Waals surface area contributed by atoms with E-state index in [0.717, 1.165) is 34.7 Å². The van der Waals surface area contributed by atoms with E-state index in [1.54, 1.807) is 29.4 Å². The Kier molecular flexibility index (Phi) is 10.8. The van der Waals surface area contributed by atoms with Gasteiger partial charge in [0.05, 0.1) is 6.61 Å². The van der Waals surface area contributed by atoms with Crippen LogP contribution in [0.1, 0.15) is 50.0 Å². The molecule has 1 aliphatic heterocycles. The molecule has 4 rings (SSSR count). The van der Waals surface area contributed by atoms with Gasteiger partial charge in [-0.15, -0.1) is 0 Å². The quantitative estimate of drug-likeness (QED) is 0.380. The van der Waals surface area contributed by atoms with Crippen molar-refractivity contribution in [2.75, 3.05) is 44.2 Å². The summed E-state index contributed by atoms with van der Waals surface area (Å²) in [6.07, 6.45) is 3.85. The van der Waals surface area contributed by atoms with Crippen molar-refractivity contribution in [2.45, 2.75) is 40.7 Å². The van der Waals surface area contributed by atoms with Crippen molar-refractivity contribution in [1.82, 2.24) is 14.8 Å². The number of nitrogens with zero attached hydrogens (tertiary/aromatic N) is 4. The number of aliphatic carboxylic acids is 1. The standard InChI is InChI=1S/C34H42N4O5/c1-24(2)21-37-16-6-15-36(32(39)26-11-13-35-14-12-26)17-18-38(33(40)34(41)42)22-29-10-9-28(20-31(29)37)27-7-5-8-30(19-27)43-23-25(3)4/h5,7-14,19-20,24-25H,6,15-18,21-23H2,1-4H3,(H,41,42). The Bertz CT molecular complexity index is 1410. The van der Waals surface area contributed by atoms with Gasteiger partial charge < -0.3 is 24.5 Å². The highest BCUT2D eigenvalue weighted by Gasteiger charge is 2.27. The maximum absolute atomic E-state index is 13.4. The van der Waals surface area contributed by atoms with E-state index in [0.29, 0.717) is 43.5 Å². The lowest BCUT2D eigenvalue weighted by Crippen LogP contribution is -2.43. The minimum atomic E-state index is -1.52. The summed E-state index contributed by atoms with van der Waals surface area (Å²) >= 11 is 0. The van der Waals surface area contributed by atoms with Gasteiger partial charge in [-0.05, 0) is 65.3 Å². The summed E-state index contributed by atoms with van der Waals surface area (Å²) in [5.41, 5.74) is 4.34. The zero-order valence-electron chi connectivity index (χ0n) is 25.5. The van der Waals surface area contributed by atoms with E-state index in [-0.39, 0.29) is 25.5 Å². The Hall–Kier alpha value is -4.40. The molecule has 9 heteroatoms. The zero-order chi connectivity index (χ0) is 30.9. The van der Waals surface area contributed by atoms with Crippen molar-refractivity contribution in [3.63, 3.8) is 0 Å². The summed E-state index contributed by atoms with van der Waals surface area (Å²) in [6.45, 7) is 11.5. The predicted octanol–water partition coefficient (Wildman–Crippen LogP) is 5.21. The molecule has 9 nitrogen and oxygen atoms in total. The number of carbonyl (C=O) groups is 3. The van der Waals surface area contributed by atoms with E-state index < -0.39 is 11.9 Å². The number of carboxylic acids is 1. The molecule has 2 amide bonds. The van der Waals surface area contributed by atoms with Crippen molar-refractivity contribution < 1.29 is 24.2 Å². The molecule has 0 saturated carbocycles. The first kappa shape index (κ1) is 31.5. The second-order valence-electron chi connectivity index (χ2n) is 11.8. The molecule has 1 N–H and O–H groups in total. The van der Waals surface area contributed by atoms with Crippen LogP contribution in [-0.4, -0.2) is 77.0 Å². The number of pyridine rings is 1. The van der Waals surface area contributed by atoms with Crippen LogP contribution in [0.5, 0.6) is 5.75 Å². The lowest BCUT2D eigenvalue weighted by molar-refractivity contribution is -0.156. The SMILES string of the molecule is CC(C)COc1cccc(-c2ccc3c(c2)N(CC(C)C)CCCN(C(=O)c2ccncc2)CCN(C(=O)C(=O)O)C3)c1. The summed E-state index contributed by atoms with van der Waals surface area (Å²) in [7, 11) is 0. The number of rotatable bonds is 7. The second-order valence-corrected chi connectivity index (χ2v) is 11.8. The van der Waals surface area contributed by atoms with Crippen LogP contribution < -0.4 is 9.64 Å². The number of fused-ring (bicyclic) bond motifs is 1. The molecule has 0 spiro atoms. The van der Waals surface area contributed by atoms with Crippen molar-refractivity contribution in [1.29, 1.82) is 0 Å². The van der Waals surface area contributed by atoms with Gasteiger partial charge in [0.25, 0.3) is 5.91 Å². The number of carbonyl (C=O) groups excluding carboxylic acids is 2. The number of carboxylic acid groups (broad SMARTS) is 1. The van der Waals surface area contributed by atoms with Gasteiger partial charge in [-0.3, -0.25) is 14.6 Å². The number of amides is 2. The Morgan fingerprint density at radius 1 is 0.860 bits per heavy atom. The molecule has 228 valence electrons. The molecule has 3 aromatic rings. The average Bonchev–Trinajstić information content (AvgIpc) is 3.03. The second kappa shape index (κ2) is 14.7. The van der Waals surface area contributed by atoms with Gasteiger partial charge in [-0.1, -0.05) is 52.0 Å². The number of hydrogen-bond donors (Lipinski definition) is 1. The minimum Gasteiger partial charge on any atom is -0.493 e. The third kappa shape index (κ3) is 8.56. The first-order valence-corrected chi connectivity index (χ1v) is 14.9. The first-order chi connectivity index (χ1) is 20.6. The van der Waals surface area contributed by atoms with Crippen molar-refractivity contribution in [2.24, 2.45) is 11.8 Å². The molecular formula is C34H42N4O5. The van der Waals surface area contributed by atoms with Gasteiger partial charge in [0.2, 0.25) is 0 Å². The zero-order valence-corrected chi connectivity index (χ0v) is 25.5. The highest BCUT2D eigenvalue weighted by Crippen LogP contribution is 2.32. The van der Waals surface area contributed by atoms with Gasteiger partial charge in [0.15, 0.2) is 0 Å². The van der Waals surface area contributed by atoms with Gasteiger partial charge in [0.1, 0.15) is 5.75 Å². The van der Waals surface area contributed by atoms with Crippen LogP contribution in [0.4, 0.5) is 5.69 Å². The maximum atomic E-state index is 13.4. The minimum absolute atomic E-state index is 0.0998. The molecule has 1 aliphatic rings. The molecule has 1 aromatic heterocycles. The highest BCUT2D eigenvalue weighted by atomic mass is 16.5. The maximum Gasteiger partial charge on any atom is 0.394 e. The number of anilines is 1. The molecular weight excluding hydrogens is 544 g/mol. The predicted molar refractivity (Wildman–Crippen MR) is 167 cm³/mol. The molecule has 0 saturated heterocycles. The largest absolute Gasteiger partial charge is 0.493 e. The Labute approximate surface area is 254 Å². The molecule has 0 fully saturated rings. The van der Waals surface area contributed by atoms with Crippen LogP contribution in [0.25, 0.3) is 11.1 Å². The van der Waals surface area contributed by atoms with Crippen LogP contribution in [0, 0.1) is 11.8 Å². The number of benzene rings is 2. The highest BCUT2D eigenvalue weighted by molar-refractivity contribution is 6.31. The summed E-state index contributed by atoms with van der Waals surface area (Å²) in [6, 6.07) is 17.5. The van der Waals surface area contributed by atoms with E-state index in [1.165, 1.54) is 4.90 Å². The van der Waals surface area contributed by atoms with E-state index in [4.69, 9.17) is 4.74 Å². The van der Waals surface area contributed by atoms with E-state index >= 15 is 0 Å². The van der Waals surface area contributed by atoms with Crippen molar-refractivity contribution in [3.05, 3.63) is 78.1 Å². The third-order valence-electron chi connectivity index (χ3n) is 7.30. The first-order valence-electron chi connectivity index (χ1n) is 14.9. The Morgan fingerprint density at radius 3 is 2.28 bits per heavy atom. The Morgan fingerprint density at radius 2 is 1.58 bits per heavy atom. The molecule has 2 heterocycles. The fourth-order valence-electron chi connectivity index (χ4n) is 5.23. The summed E-state index contributed by atoms with van der Waals surface area (Å²) in [5, 5.41) is 9.65. The van der Waals surface area contributed by atoms with Crippen LogP contribution in [-0.2, 0) is 16.1 Å².